The molecule has 0 aromatic heterocycles. The Morgan fingerprint density at radius 3 is 2.87 bits per heavy atom. The number of hydrogen-bond donors (Lipinski definition) is 1. The van der Waals surface area contributed by atoms with E-state index < -0.39 is 6.10 Å². The van der Waals surface area contributed by atoms with Crippen LogP contribution in [-0.2, 0) is 9.53 Å². The van der Waals surface area contributed by atoms with Crippen molar-refractivity contribution >= 4 is 5.97 Å². The first-order valence-corrected chi connectivity index (χ1v) is 8.18. The van der Waals surface area contributed by atoms with Gasteiger partial charge in [0.05, 0.1) is 24.3 Å². The molecule has 0 amide bonds. The van der Waals surface area contributed by atoms with Gasteiger partial charge in [-0.25, -0.2) is 0 Å². The number of nitriles is 1. The highest BCUT2D eigenvalue weighted by Crippen LogP contribution is 2.23. The van der Waals surface area contributed by atoms with Gasteiger partial charge in [0.2, 0.25) is 0 Å². The predicted octanol–water partition coefficient (Wildman–Crippen LogP) is 2.26. The van der Waals surface area contributed by atoms with Gasteiger partial charge in [-0.05, 0) is 49.9 Å². The number of rotatable bonds is 6. The van der Waals surface area contributed by atoms with Gasteiger partial charge >= 0.3 is 5.97 Å². The third-order valence-corrected chi connectivity index (χ3v) is 4.22. The molecule has 5 heteroatoms. The van der Waals surface area contributed by atoms with E-state index >= 15 is 0 Å². The Kier molecular flexibility index (Phi) is 6.57. The van der Waals surface area contributed by atoms with Crippen molar-refractivity contribution < 1.29 is 14.6 Å². The van der Waals surface area contributed by atoms with Crippen LogP contribution in [0.25, 0.3) is 0 Å². The lowest BCUT2D eigenvalue weighted by molar-refractivity contribution is -0.144. The van der Waals surface area contributed by atoms with Gasteiger partial charge in [0.25, 0.3) is 0 Å². The Hall–Kier alpha value is -1.90. The first-order valence-electron chi connectivity index (χ1n) is 8.18. The lowest BCUT2D eigenvalue weighted by atomic mass is 9.94. The van der Waals surface area contributed by atoms with E-state index in [2.05, 4.69) is 11.0 Å². The van der Waals surface area contributed by atoms with Gasteiger partial charge in [-0.1, -0.05) is 12.1 Å². The summed E-state index contributed by atoms with van der Waals surface area (Å²) in [6.45, 7) is 4.54. The molecule has 5 nitrogen and oxygen atoms in total. The lowest BCUT2D eigenvalue weighted by Crippen LogP contribution is -2.38. The summed E-state index contributed by atoms with van der Waals surface area (Å²) in [6, 6.07) is 9.10. The standard InChI is InChI=1S/C18H24N2O3/c1-2-23-18(22)10-15-4-3-9-20(12-15)13-17(21)16-7-5-14(11-19)6-8-16/h5-8,15,17,21H,2-4,9-10,12-13H2,1H3/t15-,17?/m1/s1. The maximum atomic E-state index is 11.6. The molecule has 1 saturated heterocycles. The summed E-state index contributed by atoms with van der Waals surface area (Å²) in [7, 11) is 0. The minimum absolute atomic E-state index is 0.132. The number of β-amino-alcohol motifs (C(OH)–C–C–N with tert-alkyl or cyclic N) is 1. The van der Waals surface area contributed by atoms with E-state index in [0.717, 1.165) is 31.5 Å². The van der Waals surface area contributed by atoms with Gasteiger partial charge in [0, 0.05) is 19.5 Å². The van der Waals surface area contributed by atoms with Gasteiger partial charge in [-0.2, -0.15) is 5.26 Å². The molecule has 2 atom stereocenters. The Balaban J connectivity index is 1.86. The number of esters is 1. The Labute approximate surface area is 137 Å². The summed E-state index contributed by atoms with van der Waals surface area (Å²) < 4.78 is 5.02. The van der Waals surface area contributed by atoms with E-state index in [-0.39, 0.29) is 5.97 Å². The van der Waals surface area contributed by atoms with Crippen LogP contribution in [0, 0.1) is 17.2 Å². The Morgan fingerprint density at radius 1 is 1.48 bits per heavy atom. The summed E-state index contributed by atoms with van der Waals surface area (Å²) in [4.78, 5) is 13.8. The quantitative estimate of drug-likeness (QED) is 0.815. The minimum atomic E-state index is -0.580. The number of carbonyl (C=O) groups excluding carboxylic acids is 1. The molecule has 1 unspecified atom stereocenters. The number of benzene rings is 1. The Morgan fingerprint density at radius 2 is 2.22 bits per heavy atom. The zero-order chi connectivity index (χ0) is 16.7. The second kappa shape index (κ2) is 8.66. The molecular formula is C18H24N2O3. The fourth-order valence-corrected chi connectivity index (χ4v) is 3.07. The average Bonchev–Trinajstić information content (AvgIpc) is 2.55. The van der Waals surface area contributed by atoms with Crippen molar-refractivity contribution in [2.45, 2.75) is 32.3 Å². The highest BCUT2D eigenvalue weighted by atomic mass is 16.5. The average molecular weight is 316 g/mol. The van der Waals surface area contributed by atoms with E-state index in [1.807, 2.05) is 6.92 Å². The summed E-state index contributed by atoms with van der Waals surface area (Å²) in [6.07, 6.45) is 1.94. The molecule has 1 aromatic carbocycles. The summed E-state index contributed by atoms with van der Waals surface area (Å²) in [5, 5.41) is 19.2. The molecule has 2 rings (SSSR count). The second-order valence-electron chi connectivity index (χ2n) is 6.03. The van der Waals surface area contributed by atoms with Crippen molar-refractivity contribution in [3.05, 3.63) is 35.4 Å². The van der Waals surface area contributed by atoms with Gasteiger partial charge in [0.15, 0.2) is 0 Å². The summed E-state index contributed by atoms with van der Waals surface area (Å²) in [5.41, 5.74) is 1.41. The fraction of sp³-hybridized carbons (Fsp3) is 0.556. The minimum Gasteiger partial charge on any atom is -0.466 e. The van der Waals surface area contributed by atoms with E-state index in [1.165, 1.54) is 0 Å². The van der Waals surface area contributed by atoms with Crippen LogP contribution in [0.4, 0.5) is 0 Å². The van der Waals surface area contributed by atoms with Crippen LogP contribution in [0.2, 0.25) is 0 Å². The molecule has 23 heavy (non-hydrogen) atoms. The van der Waals surface area contributed by atoms with Gasteiger partial charge in [-0.15, -0.1) is 0 Å². The number of nitrogens with zero attached hydrogens (tertiary/aromatic N) is 2. The monoisotopic (exact) mass is 316 g/mol. The number of carbonyl (C=O) groups is 1. The summed E-state index contributed by atoms with van der Waals surface area (Å²) in [5.74, 6) is 0.169. The molecule has 1 fully saturated rings. The zero-order valence-corrected chi connectivity index (χ0v) is 13.6. The first kappa shape index (κ1) is 17.5. The molecule has 1 aromatic rings. The molecule has 0 bridgehead atoms. The maximum absolute atomic E-state index is 11.6. The number of piperidine rings is 1. The van der Waals surface area contributed by atoms with Crippen LogP contribution in [-0.4, -0.2) is 42.2 Å². The third-order valence-electron chi connectivity index (χ3n) is 4.22. The van der Waals surface area contributed by atoms with Crippen LogP contribution >= 0.6 is 0 Å². The number of ether oxygens (including phenoxy) is 1. The molecule has 1 aliphatic rings. The highest BCUT2D eigenvalue weighted by Gasteiger charge is 2.24. The maximum Gasteiger partial charge on any atom is 0.306 e. The van der Waals surface area contributed by atoms with Crippen molar-refractivity contribution in [1.82, 2.24) is 4.90 Å². The molecule has 0 radical (unpaired) electrons. The number of hydrogen-bond acceptors (Lipinski definition) is 5. The number of aliphatic hydroxyl groups excluding tert-OH is 1. The van der Waals surface area contributed by atoms with Gasteiger partial charge in [-0.3, -0.25) is 4.79 Å². The van der Waals surface area contributed by atoms with E-state index in [4.69, 9.17) is 10.00 Å². The lowest BCUT2D eigenvalue weighted by Gasteiger charge is -2.33. The fourth-order valence-electron chi connectivity index (χ4n) is 3.07. The van der Waals surface area contributed by atoms with Gasteiger partial charge in [0.1, 0.15) is 0 Å². The van der Waals surface area contributed by atoms with Crippen molar-refractivity contribution in [3.63, 3.8) is 0 Å². The molecule has 0 aliphatic carbocycles. The molecule has 0 spiro atoms. The predicted molar refractivity (Wildman–Crippen MR) is 86.5 cm³/mol. The van der Waals surface area contributed by atoms with Crippen LogP contribution < -0.4 is 0 Å². The SMILES string of the molecule is CCOC(=O)C[C@H]1CCCN(CC(O)c2ccc(C#N)cc2)C1. The van der Waals surface area contributed by atoms with Crippen molar-refractivity contribution in [3.8, 4) is 6.07 Å². The van der Waals surface area contributed by atoms with Crippen LogP contribution in [0.1, 0.15) is 43.4 Å². The molecular weight excluding hydrogens is 292 g/mol. The van der Waals surface area contributed by atoms with Crippen LogP contribution in [0.15, 0.2) is 24.3 Å². The van der Waals surface area contributed by atoms with Crippen LogP contribution in [0.5, 0.6) is 0 Å². The van der Waals surface area contributed by atoms with Crippen LogP contribution in [0.3, 0.4) is 0 Å². The van der Waals surface area contributed by atoms with Crippen molar-refractivity contribution in [2.75, 3.05) is 26.2 Å². The third kappa shape index (κ3) is 5.34. The first-order chi connectivity index (χ1) is 11.1. The van der Waals surface area contributed by atoms with Gasteiger partial charge < -0.3 is 14.7 Å². The van der Waals surface area contributed by atoms with Crippen molar-refractivity contribution in [1.29, 1.82) is 5.26 Å². The molecule has 1 N–H and O–H groups in total. The highest BCUT2D eigenvalue weighted by molar-refractivity contribution is 5.69. The Bertz CT molecular complexity index is 550. The van der Waals surface area contributed by atoms with E-state index in [9.17, 15) is 9.90 Å². The largest absolute Gasteiger partial charge is 0.466 e. The van der Waals surface area contributed by atoms with Crippen molar-refractivity contribution in [2.24, 2.45) is 5.92 Å². The van der Waals surface area contributed by atoms with E-state index in [0.29, 0.717) is 31.1 Å². The molecule has 1 heterocycles. The molecule has 1 aliphatic heterocycles. The number of aliphatic hydroxyl groups is 1. The smallest absolute Gasteiger partial charge is 0.306 e. The summed E-state index contributed by atoms with van der Waals surface area (Å²) >= 11 is 0. The number of likely N-dealkylation sites (tertiary alicyclic amines) is 1. The topological polar surface area (TPSA) is 73.6 Å². The normalized spacial score (nSPS) is 19.8. The van der Waals surface area contributed by atoms with E-state index in [1.54, 1.807) is 24.3 Å². The zero-order valence-electron chi connectivity index (χ0n) is 13.6. The molecule has 124 valence electrons. The molecule has 0 saturated carbocycles. The second-order valence-corrected chi connectivity index (χ2v) is 6.03.